The molecule has 0 saturated heterocycles. The standard InChI is InChI=1S/C26H31N5O4/c1-3-4-19-23-24(31(2)30-19)26(27-15-17-7-10-20-21(13-17)35-12-11-34-20)29-25(28-23)18-8-5-16(6-9-18)14-22(32)33/h7,10,13-14,18H,3-6,8-9,11-12,15H2,1-2H3,(H,32,33)(H,27,28,29). The zero-order chi connectivity index (χ0) is 24.4. The smallest absolute Gasteiger partial charge is 0.328 e. The number of ether oxygens (including phenoxy) is 2. The lowest BCUT2D eigenvalue weighted by atomic mass is 9.85. The van der Waals surface area contributed by atoms with Crippen molar-refractivity contribution in [2.24, 2.45) is 7.05 Å². The van der Waals surface area contributed by atoms with Crippen molar-refractivity contribution >= 4 is 22.8 Å². The van der Waals surface area contributed by atoms with E-state index in [1.165, 1.54) is 6.08 Å². The van der Waals surface area contributed by atoms with Crippen molar-refractivity contribution in [3.05, 3.63) is 46.9 Å². The van der Waals surface area contributed by atoms with Crippen LogP contribution >= 0.6 is 0 Å². The molecule has 1 fully saturated rings. The van der Waals surface area contributed by atoms with Crippen molar-refractivity contribution in [1.82, 2.24) is 19.7 Å². The second-order valence-electron chi connectivity index (χ2n) is 9.19. The summed E-state index contributed by atoms with van der Waals surface area (Å²) in [7, 11) is 1.93. The van der Waals surface area contributed by atoms with Crippen LogP contribution in [-0.2, 0) is 24.8 Å². The number of aliphatic carboxylic acids is 1. The van der Waals surface area contributed by atoms with Crippen LogP contribution < -0.4 is 14.8 Å². The van der Waals surface area contributed by atoms with Crippen molar-refractivity contribution in [1.29, 1.82) is 0 Å². The Kier molecular flexibility index (Phi) is 6.57. The van der Waals surface area contributed by atoms with Gasteiger partial charge in [0.25, 0.3) is 0 Å². The van der Waals surface area contributed by atoms with Crippen LogP contribution in [0.3, 0.4) is 0 Å². The Morgan fingerprint density at radius 1 is 1.20 bits per heavy atom. The van der Waals surface area contributed by atoms with Gasteiger partial charge in [0.05, 0.1) is 5.69 Å². The molecule has 5 rings (SSSR count). The van der Waals surface area contributed by atoms with Crippen LogP contribution in [0.4, 0.5) is 5.82 Å². The molecule has 2 N–H and O–H groups in total. The molecule has 184 valence electrons. The number of aryl methyl sites for hydroxylation is 2. The van der Waals surface area contributed by atoms with Gasteiger partial charge in [-0.3, -0.25) is 4.68 Å². The summed E-state index contributed by atoms with van der Waals surface area (Å²) >= 11 is 0. The van der Waals surface area contributed by atoms with E-state index in [4.69, 9.17) is 29.6 Å². The summed E-state index contributed by atoms with van der Waals surface area (Å²) < 4.78 is 13.2. The fourth-order valence-corrected chi connectivity index (χ4v) is 4.92. The van der Waals surface area contributed by atoms with Gasteiger partial charge in [0.1, 0.15) is 30.1 Å². The SMILES string of the molecule is CCCc1nn(C)c2c(NCc3ccc4c(c3)OCCO4)nc(C3CCC(=CC(=O)O)CC3)nc12. The van der Waals surface area contributed by atoms with Gasteiger partial charge in [-0.15, -0.1) is 0 Å². The number of benzene rings is 1. The highest BCUT2D eigenvalue weighted by Crippen LogP contribution is 2.36. The molecule has 0 radical (unpaired) electrons. The summed E-state index contributed by atoms with van der Waals surface area (Å²) in [4.78, 5) is 21.0. The number of nitrogens with one attached hydrogen (secondary N) is 1. The molecule has 1 aliphatic heterocycles. The molecule has 3 heterocycles. The highest BCUT2D eigenvalue weighted by Gasteiger charge is 2.25. The average Bonchev–Trinajstić information content (AvgIpc) is 3.18. The van der Waals surface area contributed by atoms with E-state index in [-0.39, 0.29) is 5.92 Å². The van der Waals surface area contributed by atoms with Gasteiger partial charge in [-0.1, -0.05) is 25.0 Å². The summed E-state index contributed by atoms with van der Waals surface area (Å²) in [5.41, 5.74) is 4.84. The quantitative estimate of drug-likeness (QED) is 0.483. The molecule has 9 heteroatoms. The van der Waals surface area contributed by atoms with Crippen molar-refractivity contribution in [2.75, 3.05) is 18.5 Å². The van der Waals surface area contributed by atoms with Crippen LogP contribution in [0.1, 0.15) is 62.0 Å². The molecule has 1 saturated carbocycles. The molecule has 0 atom stereocenters. The fourth-order valence-electron chi connectivity index (χ4n) is 4.92. The zero-order valence-electron chi connectivity index (χ0n) is 20.2. The molecule has 0 unspecified atom stereocenters. The average molecular weight is 478 g/mol. The molecule has 3 aromatic rings. The van der Waals surface area contributed by atoms with E-state index in [2.05, 4.69) is 12.2 Å². The van der Waals surface area contributed by atoms with E-state index >= 15 is 0 Å². The van der Waals surface area contributed by atoms with Crippen LogP contribution in [-0.4, -0.2) is 44.0 Å². The Morgan fingerprint density at radius 3 is 2.71 bits per heavy atom. The number of carboxylic acid groups (broad SMARTS) is 1. The van der Waals surface area contributed by atoms with Crippen molar-refractivity contribution in [3.8, 4) is 11.5 Å². The van der Waals surface area contributed by atoms with Gasteiger partial charge in [0, 0.05) is 25.6 Å². The minimum atomic E-state index is -0.874. The third kappa shape index (κ3) is 4.94. The number of hydrogen-bond acceptors (Lipinski definition) is 7. The molecule has 1 aromatic carbocycles. The Labute approximate surface area is 204 Å². The van der Waals surface area contributed by atoms with Crippen molar-refractivity contribution in [2.45, 2.75) is 57.9 Å². The first-order chi connectivity index (χ1) is 17.0. The minimum absolute atomic E-state index is 0.190. The number of fused-ring (bicyclic) bond motifs is 2. The van der Waals surface area contributed by atoms with Crippen molar-refractivity contribution in [3.63, 3.8) is 0 Å². The predicted octanol–water partition coefficient (Wildman–Crippen LogP) is 4.37. The predicted molar refractivity (Wildman–Crippen MR) is 132 cm³/mol. The third-order valence-corrected chi connectivity index (χ3v) is 6.64. The number of aromatic nitrogens is 4. The van der Waals surface area contributed by atoms with Crippen LogP contribution in [0.15, 0.2) is 29.8 Å². The number of rotatable bonds is 7. The molecule has 2 aromatic heterocycles. The number of allylic oxidation sites excluding steroid dienone is 1. The normalized spacial score (nSPS) is 17.4. The van der Waals surface area contributed by atoms with Crippen LogP contribution in [0, 0.1) is 0 Å². The van der Waals surface area contributed by atoms with Gasteiger partial charge >= 0.3 is 5.97 Å². The second kappa shape index (κ2) is 9.93. The third-order valence-electron chi connectivity index (χ3n) is 6.64. The van der Waals surface area contributed by atoms with Crippen molar-refractivity contribution < 1.29 is 19.4 Å². The van der Waals surface area contributed by atoms with Gasteiger partial charge in [0.15, 0.2) is 17.3 Å². The Morgan fingerprint density at radius 2 is 1.97 bits per heavy atom. The molecule has 0 amide bonds. The van der Waals surface area contributed by atoms with Gasteiger partial charge in [-0.05, 0) is 49.8 Å². The topological polar surface area (TPSA) is 111 Å². The van der Waals surface area contributed by atoms with Gasteiger partial charge in [0.2, 0.25) is 0 Å². The summed E-state index contributed by atoms with van der Waals surface area (Å²) in [6, 6.07) is 5.98. The second-order valence-corrected chi connectivity index (χ2v) is 9.19. The van der Waals surface area contributed by atoms with Gasteiger partial charge < -0.3 is 19.9 Å². The molecule has 0 bridgehead atoms. The zero-order valence-corrected chi connectivity index (χ0v) is 20.2. The van der Waals surface area contributed by atoms with E-state index in [1.807, 2.05) is 29.9 Å². The van der Waals surface area contributed by atoms with Gasteiger partial charge in [-0.2, -0.15) is 5.10 Å². The highest BCUT2D eigenvalue weighted by molar-refractivity contribution is 5.87. The Balaban J connectivity index is 1.44. The molecule has 35 heavy (non-hydrogen) atoms. The number of carboxylic acids is 1. The summed E-state index contributed by atoms with van der Waals surface area (Å²) in [5.74, 6) is 2.43. The van der Waals surface area contributed by atoms with E-state index < -0.39 is 5.97 Å². The number of nitrogens with zero attached hydrogens (tertiary/aromatic N) is 4. The highest BCUT2D eigenvalue weighted by atomic mass is 16.6. The van der Waals surface area contributed by atoms with Crippen LogP contribution in [0.25, 0.3) is 11.0 Å². The maximum atomic E-state index is 11.0. The maximum absolute atomic E-state index is 11.0. The van der Waals surface area contributed by atoms with E-state index in [9.17, 15) is 4.79 Å². The first kappa shape index (κ1) is 23.1. The minimum Gasteiger partial charge on any atom is -0.486 e. The molecule has 9 nitrogen and oxygen atoms in total. The monoisotopic (exact) mass is 477 g/mol. The largest absolute Gasteiger partial charge is 0.486 e. The number of anilines is 1. The molecule has 0 spiro atoms. The van der Waals surface area contributed by atoms with E-state index in [0.29, 0.717) is 19.8 Å². The molecule has 2 aliphatic rings. The van der Waals surface area contributed by atoms with E-state index in [0.717, 1.165) is 89.5 Å². The van der Waals surface area contributed by atoms with Crippen LogP contribution in [0.5, 0.6) is 11.5 Å². The summed E-state index contributed by atoms with van der Waals surface area (Å²) in [6.07, 6.45) is 6.39. The lowest BCUT2D eigenvalue weighted by Crippen LogP contribution is -2.16. The number of hydrogen-bond donors (Lipinski definition) is 2. The van der Waals surface area contributed by atoms with Gasteiger partial charge in [-0.25, -0.2) is 14.8 Å². The first-order valence-corrected chi connectivity index (χ1v) is 12.3. The first-order valence-electron chi connectivity index (χ1n) is 12.3. The Hall–Kier alpha value is -3.62. The molecule has 1 aliphatic carbocycles. The summed E-state index contributed by atoms with van der Waals surface area (Å²) in [6.45, 7) is 3.84. The lowest BCUT2D eigenvalue weighted by Gasteiger charge is -2.23. The molecular weight excluding hydrogens is 446 g/mol. The van der Waals surface area contributed by atoms with E-state index in [1.54, 1.807) is 0 Å². The fraction of sp³-hybridized carbons (Fsp3) is 0.462. The Bertz CT molecular complexity index is 1270. The maximum Gasteiger partial charge on any atom is 0.328 e. The summed E-state index contributed by atoms with van der Waals surface area (Å²) in [5, 5.41) is 17.3. The number of carbonyl (C=O) groups is 1. The molecular formula is C26H31N5O4. The van der Waals surface area contributed by atoms with Crippen LogP contribution in [0.2, 0.25) is 0 Å². The lowest BCUT2D eigenvalue weighted by molar-refractivity contribution is -0.131.